The topological polar surface area (TPSA) is 50.5 Å². The highest BCUT2D eigenvalue weighted by Gasteiger charge is 2.22. The van der Waals surface area contributed by atoms with E-state index in [9.17, 15) is 5.11 Å². The second kappa shape index (κ2) is 11.2. The zero-order valence-electron chi connectivity index (χ0n) is 20.1. The molecule has 0 fully saturated rings. The van der Waals surface area contributed by atoms with Crippen LogP contribution in [0.4, 0.5) is 0 Å². The molecule has 0 amide bonds. The first-order valence-corrected chi connectivity index (χ1v) is 11.7. The van der Waals surface area contributed by atoms with E-state index in [0.29, 0.717) is 5.75 Å². The molecule has 1 heterocycles. The van der Waals surface area contributed by atoms with Gasteiger partial charge in [0.1, 0.15) is 5.82 Å². The number of phenolic OH excluding ortho intramolecular Hbond substituents is 1. The first-order valence-electron chi connectivity index (χ1n) is 11.7. The van der Waals surface area contributed by atoms with Crippen molar-refractivity contribution in [3.05, 3.63) is 65.5 Å². The molecule has 5 heteroatoms. The molecule has 32 heavy (non-hydrogen) atoms. The van der Waals surface area contributed by atoms with Crippen molar-refractivity contribution in [1.29, 1.82) is 0 Å². The maximum absolute atomic E-state index is 10.3. The number of ether oxygens (including phenoxy) is 1. The van der Waals surface area contributed by atoms with Gasteiger partial charge in [-0.3, -0.25) is 4.90 Å². The minimum atomic E-state index is 0.154. The van der Waals surface area contributed by atoms with E-state index in [1.165, 1.54) is 5.69 Å². The second-order valence-corrected chi connectivity index (χ2v) is 8.42. The molecule has 172 valence electrons. The van der Waals surface area contributed by atoms with Crippen molar-refractivity contribution >= 4 is 0 Å². The lowest BCUT2D eigenvalue weighted by Gasteiger charge is -2.30. The van der Waals surface area contributed by atoms with Crippen LogP contribution >= 0.6 is 0 Å². The number of benzene rings is 2. The summed E-state index contributed by atoms with van der Waals surface area (Å²) in [6.07, 6.45) is 3.32. The summed E-state index contributed by atoms with van der Waals surface area (Å²) >= 11 is 0. The van der Waals surface area contributed by atoms with Gasteiger partial charge in [-0.2, -0.15) is 0 Å². The number of aromatic hydroxyl groups is 1. The molecule has 0 aliphatic carbocycles. The standard InChI is InChI=1S/C27H37N3O2/c1-6-8-17-30-24(20(3)28-27(30)22-12-10-9-11-13-22)19-29(16-7-2)21(4)23-14-15-26(32-5)25(31)18-23/h9-15,18,21,31H,6-8,16-17,19H2,1-5H3. The number of phenols is 1. The Morgan fingerprint density at radius 3 is 2.47 bits per heavy atom. The molecule has 0 saturated heterocycles. The highest BCUT2D eigenvalue weighted by Crippen LogP contribution is 2.32. The molecule has 0 radical (unpaired) electrons. The van der Waals surface area contributed by atoms with Crippen LogP contribution in [0.1, 0.15) is 63.0 Å². The largest absolute Gasteiger partial charge is 0.504 e. The van der Waals surface area contributed by atoms with Gasteiger partial charge in [0.2, 0.25) is 0 Å². The fourth-order valence-electron chi connectivity index (χ4n) is 4.24. The molecule has 0 aliphatic rings. The number of nitrogens with zero attached hydrogens (tertiary/aromatic N) is 3. The summed E-state index contributed by atoms with van der Waals surface area (Å²) in [7, 11) is 1.58. The van der Waals surface area contributed by atoms with Gasteiger partial charge in [-0.15, -0.1) is 0 Å². The van der Waals surface area contributed by atoms with Gasteiger partial charge in [0.05, 0.1) is 18.5 Å². The summed E-state index contributed by atoms with van der Waals surface area (Å²) in [6, 6.07) is 16.3. The quantitative estimate of drug-likeness (QED) is 0.381. The normalized spacial score (nSPS) is 12.3. The van der Waals surface area contributed by atoms with Gasteiger partial charge < -0.3 is 14.4 Å². The molecule has 0 spiro atoms. The van der Waals surface area contributed by atoms with E-state index >= 15 is 0 Å². The van der Waals surface area contributed by atoms with Crippen molar-refractivity contribution in [2.75, 3.05) is 13.7 Å². The Morgan fingerprint density at radius 1 is 1.09 bits per heavy atom. The van der Waals surface area contributed by atoms with Gasteiger partial charge in [0.25, 0.3) is 0 Å². The van der Waals surface area contributed by atoms with Crippen LogP contribution in [0.25, 0.3) is 11.4 Å². The van der Waals surface area contributed by atoms with E-state index in [4.69, 9.17) is 9.72 Å². The van der Waals surface area contributed by atoms with E-state index in [1.807, 2.05) is 24.3 Å². The zero-order valence-corrected chi connectivity index (χ0v) is 20.1. The summed E-state index contributed by atoms with van der Waals surface area (Å²) in [5, 5.41) is 10.3. The van der Waals surface area contributed by atoms with Crippen LogP contribution in [0, 0.1) is 6.92 Å². The average Bonchev–Trinajstić information content (AvgIpc) is 3.12. The van der Waals surface area contributed by atoms with Gasteiger partial charge in [0, 0.05) is 24.7 Å². The summed E-state index contributed by atoms with van der Waals surface area (Å²) < 4.78 is 7.63. The lowest BCUT2D eigenvalue weighted by molar-refractivity contribution is 0.196. The van der Waals surface area contributed by atoms with Gasteiger partial charge in [-0.1, -0.05) is 56.7 Å². The third-order valence-electron chi connectivity index (χ3n) is 6.14. The SMILES string of the molecule is CCCCn1c(-c2ccccc2)nc(C)c1CN(CCC)C(C)c1ccc(OC)c(O)c1. The monoisotopic (exact) mass is 435 g/mol. The predicted octanol–water partition coefficient (Wildman–Crippen LogP) is 6.35. The van der Waals surface area contributed by atoms with Crippen LogP contribution in [-0.2, 0) is 13.1 Å². The number of hydrogen-bond acceptors (Lipinski definition) is 4. The van der Waals surface area contributed by atoms with Gasteiger partial charge in [-0.05, 0) is 50.9 Å². The Bertz CT molecular complexity index is 998. The molecule has 3 rings (SSSR count). The number of unbranched alkanes of at least 4 members (excludes halogenated alkanes) is 1. The maximum Gasteiger partial charge on any atom is 0.160 e. The van der Waals surface area contributed by atoms with Crippen molar-refractivity contribution in [2.45, 2.75) is 66.1 Å². The summed E-state index contributed by atoms with van der Waals surface area (Å²) in [6.45, 7) is 11.5. The molecule has 1 N–H and O–H groups in total. The van der Waals surface area contributed by atoms with Crippen LogP contribution in [0.15, 0.2) is 48.5 Å². The lowest BCUT2D eigenvalue weighted by atomic mass is 10.1. The van der Waals surface area contributed by atoms with Crippen molar-refractivity contribution in [2.24, 2.45) is 0 Å². The number of rotatable bonds is 11. The smallest absolute Gasteiger partial charge is 0.160 e. The van der Waals surface area contributed by atoms with Crippen LogP contribution in [0.2, 0.25) is 0 Å². The fraction of sp³-hybridized carbons (Fsp3) is 0.444. The first kappa shape index (κ1) is 23.9. The minimum absolute atomic E-state index is 0.154. The Kier molecular flexibility index (Phi) is 8.34. The van der Waals surface area contributed by atoms with Gasteiger partial charge in [0.15, 0.2) is 11.5 Å². The molecule has 0 aliphatic heterocycles. The predicted molar refractivity (Wildman–Crippen MR) is 131 cm³/mol. The van der Waals surface area contributed by atoms with Crippen LogP contribution < -0.4 is 4.74 Å². The summed E-state index contributed by atoms with van der Waals surface area (Å²) in [5.41, 5.74) is 4.60. The zero-order chi connectivity index (χ0) is 23.1. The van der Waals surface area contributed by atoms with E-state index < -0.39 is 0 Å². The lowest BCUT2D eigenvalue weighted by Crippen LogP contribution is -2.29. The van der Waals surface area contributed by atoms with Crippen LogP contribution in [-0.4, -0.2) is 33.2 Å². The Balaban J connectivity index is 1.96. The van der Waals surface area contributed by atoms with Gasteiger partial charge >= 0.3 is 0 Å². The molecule has 1 aromatic heterocycles. The molecule has 3 aromatic rings. The Hall–Kier alpha value is -2.79. The molecular formula is C27H37N3O2. The Labute approximate surface area is 192 Å². The third kappa shape index (κ3) is 5.33. The first-order chi connectivity index (χ1) is 15.5. The maximum atomic E-state index is 10.3. The van der Waals surface area contributed by atoms with E-state index in [0.717, 1.165) is 61.5 Å². The van der Waals surface area contributed by atoms with Crippen molar-refractivity contribution in [1.82, 2.24) is 14.5 Å². The molecular weight excluding hydrogens is 398 g/mol. The number of hydrogen-bond donors (Lipinski definition) is 1. The van der Waals surface area contributed by atoms with E-state index in [1.54, 1.807) is 7.11 Å². The number of methoxy groups -OCH3 is 1. The minimum Gasteiger partial charge on any atom is -0.504 e. The number of imidazole rings is 1. The Morgan fingerprint density at radius 2 is 1.84 bits per heavy atom. The van der Waals surface area contributed by atoms with Gasteiger partial charge in [-0.25, -0.2) is 4.98 Å². The van der Waals surface area contributed by atoms with Crippen LogP contribution in [0.3, 0.4) is 0 Å². The van der Waals surface area contributed by atoms with E-state index in [2.05, 4.69) is 61.4 Å². The second-order valence-electron chi connectivity index (χ2n) is 8.42. The molecule has 1 atom stereocenters. The molecule has 1 unspecified atom stereocenters. The highest BCUT2D eigenvalue weighted by molar-refractivity contribution is 5.57. The highest BCUT2D eigenvalue weighted by atomic mass is 16.5. The van der Waals surface area contributed by atoms with Crippen molar-refractivity contribution < 1.29 is 9.84 Å². The molecule has 2 aromatic carbocycles. The fourth-order valence-corrected chi connectivity index (χ4v) is 4.24. The summed E-state index contributed by atoms with van der Waals surface area (Å²) in [4.78, 5) is 7.47. The van der Waals surface area contributed by atoms with E-state index in [-0.39, 0.29) is 11.8 Å². The third-order valence-corrected chi connectivity index (χ3v) is 6.14. The number of aromatic nitrogens is 2. The van der Waals surface area contributed by atoms with Crippen LogP contribution in [0.5, 0.6) is 11.5 Å². The summed E-state index contributed by atoms with van der Waals surface area (Å²) in [5.74, 6) is 1.74. The molecule has 0 bridgehead atoms. The molecule has 0 saturated carbocycles. The molecule has 5 nitrogen and oxygen atoms in total. The van der Waals surface area contributed by atoms with Crippen molar-refractivity contribution in [3.63, 3.8) is 0 Å². The van der Waals surface area contributed by atoms with Crippen molar-refractivity contribution in [3.8, 4) is 22.9 Å². The average molecular weight is 436 g/mol. The number of aryl methyl sites for hydroxylation is 1.